The number of hydrogen-bond acceptors (Lipinski definition) is 2. The van der Waals surface area contributed by atoms with Gasteiger partial charge < -0.3 is 18.4 Å². The molecule has 0 radical (unpaired) electrons. The van der Waals surface area contributed by atoms with Crippen LogP contribution in [0.5, 0.6) is 11.5 Å². The van der Waals surface area contributed by atoms with Crippen LogP contribution in [0.2, 0.25) is 0 Å². The van der Waals surface area contributed by atoms with E-state index in [9.17, 15) is 0 Å². The summed E-state index contributed by atoms with van der Waals surface area (Å²) in [5.74, 6) is 1.77. The molecule has 0 saturated carbocycles. The van der Waals surface area contributed by atoms with E-state index in [4.69, 9.17) is 17.9 Å². The number of para-hydroxylation sites is 3. The van der Waals surface area contributed by atoms with Crippen LogP contribution in [0.1, 0.15) is 124 Å². The first kappa shape index (κ1) is 51.6. The molecule has 0 atom stereocenters. The largest absolute Gasteiger partial charge is 0.510 e. The molecule has 91 heavy (non-hydrogen) atoms. The van der Waals surface area contributed by atoms with E-state index in [0.29, 0.717) is 22.7 Å². The number of fused-ring (bicyclic) bond motifs is 14. The van der Waals surface area contributed by atoms with Crippen molar-refractivity contribution in [1.82, 2.24) is 18.7 Å². The van der Waals surface area contributed by atoms with Crippen LogP contribution in [0.4, 0.5) is 0 Å². The minimum absolute atomic E-state index is 0. The van der Waals surface area contributed by atoms with Crippen LogP contribution >= 0.6 is 0 Å². The van der Waals surface area contributed by atoms with Crippen molar-refractivity contribution in [2.45, 2.75) is 117 Å². The van der Waals surface area contributed by atoms with Gasteiger partial charge in [-0.1, -0.05) is 184 Å². The van der Waals surface area contributed by atoms with Crippen LogP contribution in [0.15, 0.2) is 200 Å². The van der Waals surface area contributed by atoms with E-state index in [1.807, 2.05) is 30.5 Å². The van der Waals surface area contributed by atoms with Crippen molar-refractivity contribution in [3.63, 3.8) is 0 Å². The predicted octanol–water partition coefficient (Wildman–Crippen LogP) is 21.2. The second-order valence-corrected chi connectivity index (χ2v) is 28.2. The average molecular weight is 1370 g/mol. The zero-order chi connectivity index (χ0) is 66.9. The number of rotatable bonds is 6. The van der Waals surface area contributed by atoms with Crippen LogP contribution in [0.25, 0.3) is 122 Å². The Balaban J connectivity index is 0.00000770. The van der Waals surface area contributed by atoms with Gasteiger partial charge in [-0.05, 0) is 192 Å². The molecule has 14 aromatic rings. The van der Waals surface area contributed by atoms with E-state index < -0.39 is 19.1 Å². The summed E-state index contributed by atoms with van der Waals surface area (Å²) >= 11 is 0. The molecule has 452 valence electrons. The fourth-order valence-electron chi connectivity index (χ4n) is 14.7. The number of benzene rings is 10. The van der Waals surface area contributed by atoms with Gasteiger partial charge in [0.25, 0.3) is 6.33 Å². The van der Waals surface area contributed by atoms with Crippen molar-refractivity contribution in [3.8, 4) is 78.9 Å². The van der Waals surface area contributed by atoms with E-state index in [-0.39, 0.29) is 54.0 Å². The molecular weight excluding hydrogens is 1290 g/mol. The number of imidazole rings is 1. The molecule has 0 N–H and O–H groups in total. The minimum Gasteiger partial charge on any atom is -0.510 e. The predicted molar refractivity (Wildman–Crippen MR) is 372 cm³/mol. The maximum absolute atomic E-state index is 9.02. The molecule has 5 heterocycles. The zero-order valence-electron chi connectivity index (χ0n) is 58.9. The Kier molecular flexibility index (Phi) is 11.9. The Hall–Kier alpha value is -9.09. The normalized spacial score (nSPS) is 15.4. The first-order valence-electron chi connectivity index (χ1n) is 34.4. The second kappa shape index (κ2) is 21.0. The number of aryl methyl sites for hydroxylation is 2. The van der Waals surface area contributed by atoms with Crippen LogP contribution in [0.3, 0.4) is 0 Å². The smallest absolute Gasteiger partial charge is 0.268 e. The van der Waals surface area contributed by atoms with Crippen LogP contribution in [-0.2, 0) is 42.7 Å². The van der Waals surface area contributed by atoms with E-state index in [0.717, 1.165) is 124 Å². The number of nitrogens with zero attached hydrogens (tertiary/aromatic N) is 5. The number of pyridine rings is 1. The third-order valence-electron chi connectivity index (χ3n) is 19.5. The van der Waals surface area contributed by atoms with Gasteiger partial charge >= 0.3 is 0 Å². The molecular formula is C84H73N5OPt-2. The van der Waals surface area contributed by atoms with Crippen molar-refractivity contribution in [1.29, 1.82) is 0 Å². The molecule has 6 nitrogen and oxygen atoms in total. The summed E-state index contributed by atoms with van der Waals surface area (Å²) in [5, 5.41) is 4.39. The fourth-order valence-corrected chi connectivity index (χ4v) is 14.7. The van der Waals surface area contributed by atoms with Gasteiger partial charge in [0.15, 0.2) is 0 Å². The standard InChI is InChI=1S/C84H73N5O.Pt/c1-51-23-21-24-52(2)78(51)53-41-67-66-49-70-69(83(9,10)38-39-84(70,11)12)48-65(66)59-27-13-14-28-60(59)68-45-56(88-72-32-18-15-29-61(72)62-30-16-19-33-73(62)88)46-76-80(68)87(79(67)71(42-53)82(6,7)8)50-86(76)55-25-22-26-57(44-55)90-58-35-36-64-63-31-17-20-34-74(63)89(75(64)47-58)77-43-54(37-40-85-77)81(3,4)5;/h13-37,40-43,45-46,48-49H,38-39H2,1-12H3;/q-2;/i1D3,2D3;. The summed E-state index contributed by atoms with van der Waals surface area (Å²) < 4.78 is 70.0. The first-order chi connectivity index (χ1) is 45.6. The number of aromatic nitrogens is 5. The van der Waals surface area contributed by atoms with E-state index >= 15 is 0 Å². The van der Waals surface area contributed by atoms with Crippen LogP contribution in [0, 0.1) is 32.2 Å². The van der Waals surface area contributed by atoms with E-state index in [2.05, 4.69) is 258 Å². The van der Waals surface area contributed by atoms with Gasteiger partial charge in [0.1, 0.15) is 5.82 Å². The Morgan fingerprint density at radius 3 is 1.74 bits per heavy atom. The average Bonchev–Trinajstić information content (AvgIpc) is 1.62. The van der Waals surface area contributed by atoms with Gasteiger partial charge in [0.05, 0.1) is 27.8 Å². The van der Waals surface area contributed by atoms with Gasteiger partial charge in [0, 0.05) is 69.0 Å². The van der Waals surface area contributed by atoms with Gasteiger partial charge in [-0.25, -0.2) is 4.98 Å². The van der Waals surface area contributed by atoms with Crippen LogP contribution < -0.4 is 9.30 Å². The van der Waals surface area contributed by atoms with Gasteiger partial charge in [0.2, 0.25) is 0 Å². The Morgan fingerprint density at radius 1 is 0.516 bits per heavy atom. The van der Waals surface area contributed by atoms with Gasteiger partial charge in [-0.2, -0.15) is 18.2 Å². The minimum atomic E-state index is -2.65. The molecule has 0 saturated heterocycles. The van der Waals surface area contributed by atoms with Crippen molar-refractivity contribution in [2.24, 2.45) is 0 Å². The van der Waals surface area contributed by atoms with E-state index in [1.54, 1.807) is 18.2 Å². The maximum Gasteiger partial charge on any atom is 0.268 e. The molecule has 4 aromatic heterocycles. The van der Waals surface area contributed by atoms with Crippen molar-refractivity contribution in [3.05, 3.63) is 252 Å². The molecule has 0 fully saturated rings. The molecule has 7 heteroatoms. The summed E-state index contributed by atoms with van der Waals surface area (Å²) in [6, 6.07) is 74.3. The second-order valence-electron chi connectivity index (χ2n) is 28.2. The number of ether oxygens (including phenoxy) is 1. The molecule has 0 bridgehead atoms. The molecule has 1 aliphatic heterocycles. The first-order valence-corrected chi connectivity index (χ1v) is 31.4. The van der Waals surface area contributed by atoms with Crippen molar-refractivity contribution < 1.29 is 38.6 Å². The van der Waals surface area contributed by atoms with Crippen LogP contribution in [-0.4, -0.2) is 18.7 Å². The van der Waals surface area contributed by atoms with Gasteiger partial charge in [-0.3, -0.25) is 4.57 Å². The Labute approximate surface area is 557 Å². The molecule has 0 amide bonds. The van der Waals surface area contributed by atoms with E-state index in [1.165, 1.54) is 16.7 Å². The molecule has 0 unspecified atom stereocenters. The SMILES string of the molecule is [2H]C([2H])([2H])c1cccc(C([2H])([2H])[2H])c1-c1cc2c(c(C(C)(C)C)c1)-[n+]1[c-]n(-c3[c-]c(Oc4[c-]c5c(cc4)c4ccccc4n5-c4cc(C(C)(C)C)ccn4)ccc3)c3cc(-n4c5ccccc5c5ccccc54)cc(c31)-c1ccccc1-c1cc3c(cc1-2)C(C)(C)CCC3(C)C.[Pt]. The summed E-state index contributed by atoms with van der Waals surface area (Å²) in [6.45, 7) is 17.3. The summed E-state index contributed by atoms with van der Waals surface area (Å²) in [4.78, 5) is 4.94. The fraction of sp³-hybridized carbons (Fsp3) is 0.214. The maximum atomic E-state index is 9.02. The molecule has 2 aliphatic rings. The summed E-state index contributed by atoms with van der Waals surface area (Å²) in [6.07, 6.45) is 7.91. The Morgan fingerprint density at radius 2 is 1.10 bits per heavy atom. The third kappa shape index (κ3) is 9.29. The molecule has 1 aliphatic carbocycles. The number of hydrogen-bond donors (Lipinski definition) is 0. The monoisotopic (exact) mass is 1370 g/mol. The van der Waals surface area contributed by atoms with Gasteiger partial charge in [-0.15, -0.1) is 29.7 Å². The zero-order valence-corrected chi connectivity index (χ0v) is 55.2. The molecule has 10 aromatic carbocycles. The summed E-state index contributed by atoms with van der Waals surface area (Å²) in [5.41, 5.74) is 17.9. The Bertz CT molecular complexity index is 5510. The topological polar surface area (TPSA) is 40.8 Å². The van der Waals surface area contributed by atoms with Crippen molar-refractivity contribution >= 4 is 54.6 Å². The van der Waals surface area contributed by atoms with Crippen molar-refractivity contribution in [2.75, 3.05) is 0 Å². The molecule has 0 spiro atoms. The quantitative estimate of drug-likeness (QED) is 0.123. The molecule has 16 rings (SSSR count). The third-order valence-corrected chi connectivity index (χ3v) is 19.5. The summed E-state index contributed by atoms with van der Waals surface area (Å²) in [7, 11) is 0.